The molecule has 0 spiro atoms. The van der Waals surface area contributed by atoms with Gasteiger partial charge in [0.2, 0.25) is 0 Å². The van der Waals surface area contributed by atoms with Crippen molar-refractivity contribution in [1.29, 1.82) is 0 Å². The highest BCUT2D eigenvalue weighted by Crippen LogP contribution is 2.31. The zero-order valence-electron chi connectivity index (χ0n) is 11.5. The lowest BCUT2D eigenvalue weighted by Crippen LogP contribution is -2.41. The average molecular weight is 308 g/mol. The number of nitrogens with zero attached hydrogens (tertiary/aromatic N) is 2. The molecular formula is C15H16F2N3S. The molecule has 0 unspecified atom stereocenters. The molecular weight excluding hydrogens is 292 g/mol. The van der Waals surface area contributed by atoms with Crippen molar-refractivity contribution < 1.29 is 8.78 Å². The number of thiocarbonyl (C=S) groups is 1. The number of halogens is 2. The minimum Gasteiger partial charge on any atom is -0.330 e. The van der Waals surface area contributed by atoms with E-state index in [1.807, 2.05) is 4.90 Å². The van der Waals surface area contributed by atoms with Gasteiger partial charge in [-0.25, -0.2) is 14.1 Å². The molecule has 21 heavy (non-hydrogen) atoms. The minimum absolute atomic E-state index is 0.0928. The zero-order valence-corrected chi connectivity index (χ0v) is 12.3. The third kappa shape index (κ3) is 2.65. The van der Waals surface area contributed by atoms with Gasteiger partial charge in [-0.15, -0.1) is 0 Å². The first-order valence-corrected chi connectivity index (χ1v) is 7.41. The molecule has 1 aliphatic heterocycles. The third-order valence-corrected chi connectivity index (χ3v) is 4.34. The van der Waals surface area contributed by atoms with Crippen LogP contribution in [0.1, 0.15) is 24.0 Å². The maximum absolute atomic E-state index is 13.8. The maximum atomic E-state index is 13.8. The van der Waals surface area contributed by atoms with Gasteiger partial charge in [0.05, 0.1) is 0 Å². The summed E-state index contributed by atoms with van der Waals surface area (Å²) in [7, 11) is 0. The molecule has 1 heterocycles. The van der Waals surface area contributed by atoms with Gasteiger partial charge in [0.15, 0.2) is 5.11 Å². The summed E-state index contributed by atoms with van der Waals surface area (Å²) in [6.07, 6.45) is 4.37. The van der Waals surface area contributed by atoms with Crippen LogP contribution in [0.5, 0.6) is 0 Å². The van der Waals surface area contributed by atoms with Crippen LogP contribution in [-0.2, 0) is 12.8 Å². The van der Waals surface area contributed by atoms with E-state index in [1.165, 1.54) is 6.07 Å². The summed E-state index contributed by atoms with van der Waals surface area (Å²) in [5.41, 5.74) is 7.96. The lowest BCUT2D eigenvalue weighted by molar-refractivity contribution is 0.334. The molecule has 0 bridgehead atoms. The van der Waals surface area contributed by atoms with Crippen LogP contribution in [0.2, 0.25) is 0 Å². The summed E-state index contributed by atoms with van der Waals surface area (Å²) < 4.78 is 27.2. The fourth-order valence-corrected chi connectivity index (χ4v) is 3.43. The molecule has 3 rings (SSSR count). The third-order valence-electron chi connectivity index (χ3n) is 4.04. The van der Waals surface area contributed by atoms with E-state index >= 15 is 0 Å². The predicted octanol–water partition coefficient (Wildman–Crippen LogP) is 2.22. The molecule has 0 aromatic heterocycles. The molecule has 2 N–H and O–H groups in total. The van der Waals surface area contributed by atoms with Crippen LogP contribution in [0.15, 0.2) is 24.0 Å². The van der Waals surface area contributed by atoms with Crippen LogP contribution < -0.4 is 11.1 Å². The smallest absolute Gasteiger partial charge is 0.199 e. The summed E-state index contributed by atoms with van der Waals surface area (Å²) in [5, 5.41) is 4.69. The van der Waals surface area contributed by atoms with E-state index in [-0.39, 0.29) is 6.04 Å². The van der Waals surface area contributed by atoms with Crippen LogP contribution >= 0.6 is 12.2 Å². The van der Waals surface area contributed by atoms with Crippen LogP contribution in [0.3, 0.4) is 0 Å². The Morgan fingerprint density at radius 2 is 2.19 bits per heavy atom. The Morgan fingerprint density at radius 1 is 1.38 bits per heavy atom. The molecule has 1 aromatic rings. The van der Waals surface area contributed by atoms with Crippen molar-refractivity contribution in [2.45, 2.75) is 31.7 Å². The number of fused-ring (bicyclic) bond motifs is 1. The van der Waals surface area contributed by atoms with Crippen molar-refractivity contribution in [3.05, 3.63) is 46.8 Å². The SMILES string of the molecule is NCCC1=C[N]C(=S)N1[C@H]1CCc2c(F)cc(F)cc2C1. The van der Waals surface area contributed by atoms with Gasteiger partial charge < -0.3 is 10.6 Å². The Hall–Kier alpha value is -1.53. The van der Waals surface area contributed by atoms with Gasteiger partial charge in [-0.05, 0) is 55.2 Å². The van der Waals surface area contributed by atoms with E-state index in [2.05, 4.69) is 5.32 Å². The van der Waals surface area contributed by atoms with Crippen LogP contribution in [0.25, 0.3) is 0 Å². The molecule has 0 amide bonds. The number of hydrogen-bond acceptors (Lipinski definition) is 2. The summed E-state index contributed by atoms with van der Waals surface area (Å²) in [4.78, 5) is 1.99. The minimum atomic E-state index is -0.529. The molecule has 1 aliphatic carbocycles. The van der Waals surface area contributed by atoms with Gasteiger partial charge >= 0.3 is 0 Å². The van der Waals surface area contributed by atoms with Gasteiger partial charge in [0.1, 0.15) is 11.6 Å². The van der Waals surface area contributed by atoms with Crippen LogP contribution in [-0.4, -0.2) is 22.6 Å². The Labute approximate surface area is 127 Å². The lowest BCUT2D eigenvalue weighted by Gasteiger charge is -2.34. The molecule has 0 fully saturated rings. The van der Waals surface area contributed by atoms with Crippen molar-refractivity contribution in [1.82, 2.24) is 10.2 Å². The Balaban J connectivity index is 1.86. The van der Waals surface area contributed by atoms with E-state index in [9.17, 15) is 8.78 Å². The lowest BCUT2D eigenvalue weighted by atomic mass is 9.87. The molecule has 111 valence electrons. The molecule has 0 saturated carbocycles. The zero-order chi connectivity index (χ0) is 15.0. The molecule has 0 saturated heterocycles. The maximum Gasteiger partial charge on any atom is 0.199 e. The molecule has 1 aromatic carbocycles. The first kappa shape index (κ1) is 14.4. The monoisotopic (exact) mass is 308 g/mol. The van der Waals surface area contributed by atoms with Crippen molar-refractivity contribution in [3.63, 3.8) is 0 Å². The van der Waals surface area contributed by atoms with Gasteiger partial charge in [-0.2, -0.15) is 0 Å². The van der Waals surface area contributed by atoms with Crippen LogP contribution in [0, 0.1) is 11.6 Å². The van der Waals surface area contributed by atoms with Crippen molar-refractivity contribution in [3.8, 4) is 0 Å². The van der Waals surface area contributed by atoms with E-state index in [1.54, 1.807) is 6.20 Å². The fourth-order valence-electron chi connectivity index (χ4n) is 3.11. The number of benzene rings is 1. The van der Waals surface area contributed by atoms with Gasteiger partial charge in [-0.1, -0.05) is 0 Å². The second-order valence-electron chi connectivity index (χ2n) is 5.36. The van der Waals surface area contributed by atoms with E-state index in [0.29, 0.717) is 36.5 Å². The van der Waals surface area contributed by atoms with Gasteiger partial charge in [0.25, 0.3) is 0 Å². The highest BCUT2D eigenvalue weighted by Gasteiger charge is 2.32. The predicted molar refractivity (Wildman–Crippen MR) is 80.5 cm³/mol. The largest absolute Gasteiger partial charge is 0.330 e. The highest BCUT2D eigenvalue weighted by molar-refractivity contribution is 7.80. The normalized spacial score (nSPS) is 21.1. The second kappa shape index (κ2) is 5.69. The quantitative estimate of drug-likeness (QED) is 0.871. The molecule has 1 atom stereocenters. The van der Waals surface area contributed by atoms with Crippen molar-refractivity contribution in [2.24, 2.45) is 5.73 Å². The first-order valence-electron chi connectivity index (χ1n) is 7.00. The van der Waals surface area contributed by atoms with Crippen molar-refractivity contribution in [2.75, 3.05) is 6.54 Å². The Bertz CT molecular complexity index is 615. The van der Waals surface area contributed by atoms with Crippen LogP contribution in [0.4, 0.5) is 8.78 Å². The highest BCUT2D eigenvalue weighted by atomic mass is 32.1. The molecule has 6 heteroatoms. The van der Waals surface area contributed by atoms with E-state index < -0.39 is 11.6 Å². The molecule has 1 radical (unpaired) electrons. The Kier molecular flexibility index (Phi) is 3.91. The van der Waals surface area contributed by atoms with E-state index in [4.69, 9.17) is 18.0 Å². The van der Waals surface area contributed by atoms with E-state index in [0.717, 1.165) is 23.7 Å². The molecule has 3 nitrogen and oxygen atoms in total. The van der Waals surface area contributed by atoms with Gasteiger partial charge in [-0.3, -0.25) is 0 Å². The summed E-state index contributed by atoms with van der Waals surface area (Å²) in [6.45, 7) is 0.521. The Morgan fingerprint density at radius 3 is 2.95 bits per heavy atom. The first-order chi connectivity index (χ1) is 10.1. The summed E-state index contributed by atoms with van der Waals surface area (Å²) >= 11 is 5.28. The van der Waals surface area contributed by atoms with Gasteiger partial charge in [0, 0.05) is 30.4 Å². The van der Waals surface area contributed by atoms with Crippen molar-refractivity contribution >= 4 is 17.3 Å². The topological polar surface area (TPSA) is 43.4 Å². The fraction of sp³-hybridized carbons (Fsp3) is 0.400. The summed E-state index contributed by atoms with van der Waals surface area (Å²) in [6, 6.07) is 2.47. The number of rotatable bonds is 3. The number of nitrogens with two attached hydrogens (primary N) is 1. The standard InChI is InChI=1S/C15H16F2N3S/c16-10-5-9-6-11(1-2-13(9)14(17)7-10)20-12(3-4-18)8-19-15(20)21/h5,7-8,11H,1-4,6,18H2/t11-/m0/s1. The molecule has 2 aliphatic rings. The summed E-state index contributed by atoms with van der Waals surface area (Å²) in [5.74, 6) is -0.979. The number of hydrogen-bond donors (Lipinski definition) is 1. The average Bonchev–Trinajstić information content (AvgIpc) is 2.79. The second-order valence-corrected chi connectivity index (χ2v) is 5.73.